The van der Waals surface area contributed by atoms with Crippen molar-refractivity contribution in [2.24, 2.45) is 4.99 Å². The number of nitrogens with zero attached hydrogens (tertiary/aromatic N) is 6. The van der Waals surface area contributed by atoms with Crippen LogP contribution in [0.15, 0.2) is 78.0 Å². The summed E-state index contributed by atoms with van der Waals surface area (Å²) in [4.78, 5) is 37.7. The molecule has 3 aromatic carbocycles. The van der Waals surface area contributed by atoms with Crippen molar-refractivity contribution >= 4 is 51.6 Å². The van der Waals surface area contributed by atoms with Gasteiger partial charge >= 0.3 is 6.18 Å². The number of methoxy groups -OCH3 is 1. The average Bonchev–Trinajstić information content (AvgIpc) is 3.66. The molecule has 1 fully saturated rings. The molecule has 0 N–H and O–H groups in total. The number of hydrogen-bond donors (Lipinski definition) is 0. The number of benzene rings is 3. The Hall–Kier alpha value is -4.56. The van der Waals surface area contributed by atoms with Gasteiger partial charge in [0.15, 0.2) is 11.0 Å². The van der Waals surface area contributed by atoms with E-state index >= 15 is 0 Å². The van der Waals surface area contributed by atoms with Crippen molar-refractivity contribution in [1.29, 1.82) is 0 Å². The van der Waals surface area contributed by atoms with Crippen molar-refractivity contribution in [2.75, 3.05) is 24.8 Å². The molecule has 2 amide bonds. The van der Waals surface area contributed by atoms with Gasteiger partial charge in [0.1, 0.15) is 17.1 Å². The summed E-state index contributed by atoms with van der Waals surface area (Å²) in [5.74, 6) is 1.01. The molecule has 1 aliphatic heterocycles. The minimum absolute atomic E-state index is 0.109. The predicted octanol–water partition coefficient (Wildman–Crippen LogP) is 6.64. The second-order valence-electron chi connectivity index (χ2n) is 10.5. The number of ether oxygens (including phenoxy) is 1. The summed E-state index contributed by atoms with van der Waals surface area (Å²) in [6, 6.07) is 16.9. The summed E-state index contributed by atoms with van der Waals surface area (Å²) in [6.07, 6.45) is -2.76. The number of alkyl halides is 3. The van der Waals surface area contributed by atoms with Gasteiger partial charge in [0.25, 0.3) is 0 Å². The van der Waals surface area contributed by atoms with E-state index in [1.807, 2.05) is 31.2 Å². The maximum atomic E-state index is 12.9. The molecule has 0 bridgehead atoms. The first-order valence-electron chi connectivity index (χ1n) is 14.0. The number of halogens is 3. The van der Waals surface area contributed by atoms with Gasteiger partial charge in [-0.15, -0.1) is 5.10 Å². The van der Waals surface area contributed by atoms with E-state index in [1.165, 1.54) is 41.8 Å². The zero-order valence-corrected chi connectivity index (χ0v) is 26.9. The molecule has 1 aliphatic rings. The van der Waals surface area contributed by atoms with Crippen molar-refractivity contribution in [3.05, 3.63) is 89.7 Å². The number of aliphatic imine (C=N–C) groups is 1. The van der Waals surface area contributed by atoms with Gasteiger partial charge in [-0.05, 0) is 60.5 Å². The largest absolute Gasteiger partial charge is 0.497 e. The van der Waals surface area contributed by atoms with Crippen LogP contribution >= 0.6 is 24.0 Å². The van der Waals surface area contributed by atoms with Gasteiger partial charge in [0.2, 0.25) is 11.8 Å². The van der Waals surface area contributed by atoms with Crippen molar-refractivity contribution in [2.45, 2.75) is 32.5 Å². The van der Waals surface area contributed by atoms with Crippen molar-refractivity contribution in [1.82, 2.24) is 19.7 Å². The summed E-state index contributed by atoms with van der Waals surface area (Å²) in [5, 5.41) is 4.89. The van der Waals surface area contributed by atoms with E-state index in [0.717, 1.165) is 23.3 Å². The number of carbonyl (C=O) groups excluding carboxylic acids is 2. The lowest BCUT2D eigenvalue weighted by Crippen LogP contribution is -2.32. The maximum Gasteiger partial charge on any atom is 0.416 e. The molecule has 2 heterocycles. The molecule has 0 aliphatic carbocycles. The zero-order valence-electron chi connectivity index (χ0n) is 25.3. The number of aryl methyl sites for hydroxylation is 1. The monoisotopic (exact) mass is 666 g/mol. The Morgan fingerprint density at radius 1 is 1.13 bits per heavy atom. The Bertz CT molecular complexity index is 1810. The van der Waals surface area contributed by atoms with Crippen LogP contribution in [0.2, 0.25) is 0 Å². The highest BCUT2D eigenvalue weighted by Crippen LogP contribution is 2.33. The van der Waals surface area contributed by atoms with Crippen LogP contribution < -0.4 is 9.64 Å². The average molecular weight is 667 g/mol. The first-order valence-corrected chi connectivity index (χ1v) is 15.4. The van der Waals surface area contributed by atoms with Gasteiger partial charge < -0.3 is 9.64 Å². The van der Waals surface area contributed by atoms with E-state index in [9.17, 15) is 22.8 Å². The molecule has 5 rings (SSSR count). The van der Waals surface area contributed by atoms with E-state index in [1.54, 1.807) is 42.2 Å². The lowest BCUT2D eigenvalue weighted by atomic mass is 10.0. The van der Waals surface area contributed by atoms with E-state index < -0.39 is 17.8 Å². The summed E-state index contributed by atoms with van der Waals surface area (Å²) < 4.78 is 45.5. The van der Waals surface area contributed by atoms with Crippen LogP contribution in [0.1, 0.15) is 36.1 Å². The Kier molecular flexibility index (Phi) is 9.58. The van der Waals surface area contributed by atoms with Crippen LogP contribution in [-0.4, -0.2) is 61.5 Å². The molecule has 0 radical (unpaired) electrons. The number of hydrogen-bond acceptors (Lipinski definition) is 7. The number of carbonyl (C=O) groups is 2. The zero-order chi connectivity index (χ0) is 33.2. The number of thioether (sulfide) groups is 1. The fourth-order valence-electron chi connectivity index (χ4n) is 4.88. The van der Waals surface area contributed by atoms with Crippen LogP contribution in [0.4, 0.5) is 18.9 Å². The van der Waals surface area contributed by atoms with Crippen LogP contribution in [-0.2, 0) is 15.8 Å². The maximum absolute atomic E-state index is 12.9. The smallest absolute Gasteiger partial charge is 0.416 e. The molecule has 1 aromatic heterocycles. The topological polar surface area (TPSA) is 92.9 Å². The fourth-order valence-corrected chi connectivity index (χ4v) is 6.07. The first kappa shape index (κ1) is 32.8. The van der Waals surface area contributed by atoms with Gasteiger partial charge in [-0.1, -0.05) is 48.2 Å². The third kappa shape index (κ3) is 7.12. The highest BCUT2D eigenvalue weighted by Gasteiger charge is 2.32. The van der Waals surface area contributed by atoms with E-state index in [0.29, 0.717) is 38.7 Å². The quantitative estimate of drug-likeness (QED) is 0.195. The SMILES string of the molecule is COc1ccc(N2C(=O)CSC2=NC(=S)CC(c2ccc(-c3ncn(-c4ccc(C(F)(F)F)cc4)n3)cc2)N(C)C(C)=O)c(C)c1. The molecular formula is C32H29F3N6O3S2. The van der Waals surface area contributed by atoms with Crippen LogP contribution in [0.3, 0.4) is 0 Å². The van der Waals surface area contributed by atoms with Crippen molar-refractivity contribution < 1.29 is 27.5 Å². The minimum Gasteiger partial charge on any atom is -0.497 e. The van der Waals surface area contributed by atoms with Gasteiger partial charge in [-0.25, -0.2) is 14.7 Å². The minimum atomic E-state index is -4.43. The second kappa shape index (κ2) is 13.4. The Morgan fingerprint density at radius 3 is 2.43 bits per heavy atom. The summed E-state index contributed by atoms with van der Waals surface area (Å²) >= 11 is 6.99. The number of aromatic nitrogens is 3. The standard InChI is InChI=1S/C32H29F3N6O3S2/c1-19-15-25(44-4)13-14-26(19)41-29(43)17-46-31(41)37-28(45)16-27(39(3)20(2)42)21-5-7-22(8-6-21)30-36-18-40(38-30)24-11-9-23(10-12-24)32(33,34)35/h5-15,18,27H,16-17H2,1-4H3. The van der Waals surface area contributed by atoms with Gasteiger partial charge in [0.05, 0.1) is 35.8 Å². The fraction of sp³-hybridized carbons (Fsp3) is 0.250. The molecule has 1 atom stereocenters. The van der Waals surface area contributed by atoms with Gasteiger partial charge in [0, 0.05) is 26.0 Å². The summed E-state index contributed by atoms with van der Waals surface area (Å²) in [5.41, 5.74) is 2.70. The number of thiocarbonyl (C=S) groups is 1. The molecule has 14 heteroatoms. The van der Waals surface area contributed by atoms with Crippen LogP contribution in [0.5, 0.6) is 5.75 Å². The molecule has 9 nitrogen and oxygen atoms in total. The Labute approximate surface area is 273 Å². The highest BCUT2D eigenvalue weighted by molar-refractivity contribution is 8.15. The van der Waals surface area contributed by atoms with Crippen molar-refractivity contribution in [3.63, 3.8) is 0 Å². The molecule has 1 unspecified atom stereocenters. The number of amides is 2. The molecule has 238 valence electrons. The summed E-state index contributed by atoms with van der Waals surface area (Å²) in [7, 11) is 3.26. The Morgan fingerprint density at radius 2 is 1.83 bits per heavy atom. The lowest BCUT2D eigenvalue weighted by molar-refractivity contribution is -0.137. The van der Waals surface area contributed by atoms with Gasteiger partial charge in [-0.2, -0.15) is 13.2 Å². The number of anilines is 1. The normalized spacial score (nSPS) is 14.9. The molecular weight excluding hydrogens is 638 g/mol. The predicted molar refractivity (Wildman–Crippen MR) is 175 cm³/mol. The third-order valence-corrected chi connectivity index (χ3v) is 8.65. The van der Waals surface area contributed by atoms with Gasteiger partial charge in [-0.3, -0.25) is 14.5 Å². The molecule has 0 saturated carbocycles. The van der Waals surface area contributed by atoms with E-state index in [4.69, 9.17) is 17.0 Å². The first-order chi connectivity index (χ1) is 21.8. The molecule has 46 heavy (non-hydrogen) atoms. The lowest BCUT2D eigenvalue weighted by Gasteiger charge is -2.27. The van der Waals surface area contributed by atoms with Crippen molar-refractivity contribution in [3.8, 4) is 22.8 Å². The molecule has 0 spiro atoms. The van der Waals surface area contributed by atoms with E-state index in [2.05, 4.69) is 15.1 Å². The van der Waals surface area contributed by atoms with Crippen LogP contribution in [0.25, 0.3) is 17.1 Å². The van der Waals surface area contributed by atoms with Crippen LogP contribution in [0, 0.1) is 6.92 Å². The number of rotatable bonds is 8. The highest BCUT2D eigenvalue weighted by atomic mass is 32.2. The molecule has 4 aromatic rings. The summed E-state index contributed by atoms with van der Waals surface area (Å²) in [6.45, 7) is 3.36. The Balaban J connectivity index is 1.35. The molecule has 1 saturated heterocycles. The second-order valence-corrected chi connectivity index (χ2v) is 11.9. The third-order valence-electron chi connectivity index (χ3n) is 7.47. The number of amidine groups is 1. The van der Waals surface area contributed by atoms with E-state index in [-0.39, 0.29) is 24.0 Å².